The molecule has 0 fully saturated rings. The van der Waals surface area contributed by atoms with Gasteiger partial charge in [0.2, 0.25) is 0 Å². The van der Waals surface area contributed by atoms with Gasteiger partial charge in [0, 0.05) is 5.92 Å². The molecule has 0 aliphatic carbocycles. The first-order valence-corrected chi connectivity index (χ1v) is 5.76. The van der Waals surface area contributed by atoms with Gasteiger partial charge in [0.25, 0.3) is 0 Å². The van der Waals surface area contributed by atoms with E-state index in [1.807, 2.05) is 60.7 Å². The molecule has 3 heteroatoms. The van der Waals surface area contributed by atoms with Crippen LogP contribution in [0, 0.1) is 0 Å². The molecule has 0 bridgehead atoms. The summed E-state index contributed by atoms with van der Waals surface area (Å²) in [5.74, 6) is -1.63. The van der Waals surface area contributed by atoms with Crippen LogP contribution in [-0.2, 0) is 4.79 Å². The van der Waals surface area contributed by atoms with E-state index in [4.69, 9.17) is 5.73 Å². The molecule has 0 saturated heterocycles. The molecule has 0 spiro atoms. The zero-order chi connectivity index (χ0) is 13.0. The molecule has 0 saturated carbocycles. The standard InChI is InChI=1S/C15H15NO2/c16-14(15(17)18)13(11-7-3-1-4-8-11)12-9-5-2-6-10-12/h1-10,13-14H,16H2,(H,17,18)/p-1/t14-/m0/s1. The van der Waals surface area contributed by atoms with Crippen molar-refractivity contribution in [3.05, 3.63) is 71.8 Å². The van der Waals surface area contributed by atoms with Gasteiger partial charge < -0.3 is 15.6 Å². The first-order chi connectivity index (χ1) is 8.70. The molecular formula is C15H14NO2-. The lowest BCUT2D eigenvalue weighted by Crippen LogP contribution is -2.46. The highest BCUT2D eigenvalue weighted by Gasteiger charge is 2.22. The molecule has 0 radical (unpaired) electrons. The van der Waals surface area contributed by atoms with Gasteiger partial charge in [-0.15, -0.1) is 0 Å². The minimum absolute atomic E-state index is 0.391. The molecule has 2 N–H and O–H groups in total. The maximum atomic E-state index is 11.1. The van der Waals surface area contributed by atoms with Gasteiger partial charge in [-0.25, -0.2) is 0 Å². The fourth-order valence-electron chi connectivity index (χ4n) is 2.06. The first kappa shape index (κ1) is 12.3. The molecule has 2 rings (SSSR count). The molecule has 2 aromatic carbocycles. The summed E-state index contributed by atoms with van der Waals surface area (Å²) in [6, 6.07) is 17.7. The van der Waals surface area contributed by atoms with Gasteiger partial charge in [-0.1, -0.05) is 60.7 Å². The monoisotopic (exact) mass is 240 g/mol. The minimum atomic E-state index is -1.24. The number of carbonyl (C=O) groups excluding carboxylic acids is 1. The summed E-state index contributed by atoms with van der Waals surface area (Å²) < 4.78 is 0. The second kappa shape index (κ2) is 5.47. The molecule has 0 unspecified atom stereocenters. The van der Waals surface area contributed by atoms with Crippen molar-refractivity contribution < 1.29 is 9.90 Å². The van der Waals surface area contributed by atoms with E-state index in [0.29, 0.717) is 0 Å². The molecule has 92 valence electrons. The van der Waals surface area contributed by atoms with Gasteiger partial charge in [-0.2, -0.15) is 0 Å². The van der Waals surface area contributed by atoms with Crippen molar-refractivity contribution in [1.82, 2.24) is 0 Å². The maximum absolute atomic E-state index is 11.1. The summed E-state index contributed by atoms with van der Waals surface area (Å²) in [6.07, 6.45) is 0. The number of benzene rings is 2. The van der Waals surface area contributed by atoms with Crippen molar-refractivity contribution in [2.24, 2.45) is 5.73 Å². The topological polar surface area (TPSA) is 66.2 Å². The Morgan fingerprint density at radius 2 is 1.28 bits per heavy atom. The predicted molar refractivity (Wildman–Crippen MR) is 67.7 cm³/mol. The van der Waals surface area contributed by atoms with E-state index in [2.05, 4.69) is 0 Å². The summed E-state index contributed by atoms with van der Waals surface area (Å²) in [4.78, 5) is 11.1. The zero-order valence-electron chi connectivity index (χ0n) is 9.82. The van der Waals surface area contributed by atoms with Crippen LogP contribution < -0.4 is 10.8 Å². The van der Waals surface area contributed by atoms with Gasteiger partial charge in [-0.05, 0) is 11.1 Å². The molecule has 0 aliphatic rings. The highest BCUT2D eigenvalue weighted by atomic mass is 16.4. The van der Waals surface area contributed by atoms with Gasteiger partial charge in [0.05, 0.1) is 12.0 Å². The van der Waals surface area contributed by atoms with Gasteiger partial charge in [-0.3, -0.25) is 0 Å². The highest BCUT2D eigenvalue weighted by Crippen LogP contribution is 2.26. The van der Waals surface area contributed by atoms with E-state index >= 15 is 0 Å². The Morgan fingerprint density at radius 1 is 0.889 bits per heavy atom. The molecule has 1 atom stereocenters. The molecule has 0 aliphatic heterocycles. The van der Waals surface area contributed by atoms with E-state index in [1.54, 1.807) is 0 Å². The number of hydrogen-bond donors (Lipinski definition) is 1. The van der Waals surface area contributed by atoms with Crippen LogP contribution in [0.1, 0.15) is 17.0 Å². The van der Waals surface area contributed by atoms with Crippen molar-refractivity contribution in [2.75, 3.05) is 0 Å². The molecule has 2 aromatic rings. The van der Waals surface area contributed by atoms with Crippen LogP contribution >= 0.6 is 0 Å². The SMILES string of the molecule is N[C@H](C(=O)[O-])C(c1ccccc1)c1ccccc1. The van der Waals surface area contributed by atoms with Gasteiger partial charge in [0.1, 0.15) is 0 Å². The molecule has 0 amide bonds. The van der Waals surface area contributed by atoms with E-state index < -0.39 is 17.9 Å². The lowest BCUT2D eigenvalue weighted by Gasteiger charge is -2.25. The number of rotatable bonds is 4. The van der Waals surface area contributed by atoms with Crippen molar-refractivity contribution in [3.63, 3.8) is 0 Å². The van der Waals surface area contributed by atoms with Crippen molar-refractivity contribution in [1.29, 1.82) is 0 Å². The van der Waals surface area contributed by atoms with Crippen LogP contribution in [0.5, 0.6) is 0 Å². The summed E-state index contributed by atoms with van der Waals surface area (Å²) in [5, 5.41) is 11.1. The maximum Gasteiger partial charge on any atom is 0.0591 e. The Hall–Kier alpha value is -2.13. The van der Waals surface area contributed by atoms with Crippen molar-refractivity contribution in [2.45, 2.75) is 12.0 Å². The van der Waals surface area contributed by atoms with Crippen molar-refractivity contribution >= 4 is 5.97 Å². The normalized spacial score (nSPS) is 12.3. The van der Waals surface area contributed by atoms with Crippen LogP contribution in [0.15, 0.2) is 60.7 Å². The Kier molecular flexibility index (Phi) is 3.75. The molecule has 0 aromatic heterocycles. The minimum Gasteiger partial charge on any atom is -0.548 e. The number of nitrogens with two attached hydrogens (primary N) is 1. The summed E-state index contributed by atoms with van der Waals surface area (Å²) in [7, 11) is 0. The fraction of sp³-hybridized carbons (Fsp3) is 0.133. The second-order valence-corrected chi connectivity index (χ2v) is 4.14. The molecular weight excluding hydrogens is 226 g/mol. The summed E-state index contributed by atoms with van der Waals surface area (Å²) in [6.45, 7) is 0. The number of carbonyl (C=O) groups is 1. The number of hydrogen-bond acceptors (Lipinski definition) is 3. The van der Waals surface area contributed by atoms with Gasteiger partial charge >= 0.3 is 0 Å². The largest absolute Gasteiger partial charge is 0.548 e. The van der Waals surface area contributed by atoms with Crippen LogP contribution in [0.4, 0.5) is 0 Å². The van der Waals surface area contributed by atoms with Crippen LogP contribution in [0.2, 0.25) is 0 Å². The highest BCUT2D eigenvalue weighted by molar-refractivity contribution is 5.73. The smallest absolute Gasteiger partial charge is 0.0591 e. The van der Waals surface area contributed by atoms with E-state index in [-0.39, 0.29) is 0 Å². The quantitative estimate of drug-likeness (QED) is 0.863. The Balaban J connectivity index is 2.45. The predicted octanol–water partition coefficient (Wildman–Crippen LogP) is 0.896. The zero-order valence-corrected chi connectivity index (χ0v) is 9.82. The summed E-state index contributed by atoms with van der Waals surface area (Å²) >= 11 is 0. The third-order valence-corrected chi connectivity index (χ3v) is 2.95. The third-order valence-electron chi connectivity index (χ3n) is 2.95. The van der Waals surface area contributed by atoms with E-state index in [1.165, 1.54) is 0 Å². The Bertz CT molecular complexity index is 471. The average Bonchev–Trinajstić information content (AvgIpc) is 2.41. The van der Waals surface area contributed by atoms with E-state index in [0.717, 1.165) is 11.1 Å². The first-order valence-electron chi connectivity index (χ1n) is 5.76. The molecule has 18 heavy (non-hydrogen) atoms. The number of aliphatic carboxylic acids is 1. The lowest BCUT2D eigenvalue weighted by molar-refractivity contribution is -0.307. The van der Waals surface area contributed by atoms with Crippen LogP contribution in [0.25, 0.3) is 0 Å². The lowest BCUT2D eigenvalue weighted by atomic mass is 9.85. The Morgan fingerprint density at radius 3 is 1.61 bits per heavy atom. The molecule has 0 heterocycles. The van der Waals surface area contributed by atoms with Crippen molar-refractivity contribution in [3.8, 4) is 0 Å². The van der Waals surface area contributed by atoms with Crippen LogP contribution in [0.3, 0.4) is 0 Å². The molecule has 3 nitrogen and oxygen atoms in total. The Labute approximate surface area is 106 Å². The van der Waals surface area contributed by atoms with Crippen LogP contribution in [-0.4, -0.2) is 12.0 Å². The summed E-state index contributed by atoms with van der Waals surface area (Å²) in [5.41, 5.74) is 7.51. The number of carboxylic acid groups (broad SMARTS) is 1. The fourth-order valence-corrected chi connectivity index (χ4v) is 2.06. The van der Waals surface area contributed by atoms with E-state index in [9.17, 15) is 9.90 Å². The number of carboxylic acids is 1. The third kappa shape index (κ3) is 2.57. The second-order valence-electron chi connectivity index (χ2n) is 4.14. The average molecular weight is 240 g/mol. The van der Waals surface area contributed by atoms with Gasteiger partial charge in [0.15, 0.2) is 0 Å².